The molecule has 37 heavy (non-hydrogen) atoms. The number of fused-ring (bicyclic) bond motifs is 3. The van der Waals surface area contributed by atoms with Crippen LogP contribution in [-0.4, -0.2) is 27.0 Å². The van der Waals surface area contributed by atoms with Gasteiger partial charge in [-0.2, -0.15) is 0 Å². The van der Waals surface area contributed by atoms with E-state index in [0.29, 0.717) is 5.82 Å². The van der Waals surface area contributed by atoms with Crippen LogP contribution < -0.4 is 14.8 Å². The molecule has 3 aromatic heterocycles. The van der Waals surface area contributed by atoms with Crippen LogP contribution in [-0.2, 0) is 0 Å². The molecule has 0 bridgehead atoms. The Hall–Kier alpha value is -4.69. The molecule has 4 heterocycles. The number of pyridine rings is 2. The van der Waals surface area contributed by atoms with Crippen LogP contribution in [0.15, 0.2) is 107 Å². The number of benzene rings is 3. The molecule has 7 nitrogen and oxygen atoms in total. The van der Waals surface area contributed by atoms with Crippen molar-refractivity contribution < 1.29 is 9.47 Å². The van der Waals surface area contributed by atoms with Crippen molar-refractivity contribution in [1.29, 1.82) is 0 Å². The van der Waals surface area contributed by atoms with Crippen LogP contribution in [0.2, 0.25) is 0 Å². The molecule has 178 valence electrons. The van der Waals surface area contributed by atoms with Gasteiger partial charge in [0, 0.05) is 55.8 Å². The van der Waals surface area contributed by atoms with Crippen LogP contribution in [0, 0.1) is 0 Å². The Morgan fingerprint density at radius 1 is 0.757 bits per heavy atom. The maximum atomic E-state index is 5.55. The van der Waals surface area contributed by atoms with Gasteiger partial charge in [0.15, 0.2) is 17.3 Å². The molecule has 3 aromatic carbocycles. The minimum absolute atomic E-state index is 0.238. The van der Waals surface area contributed by atoms with Crippen molar-refractivity contribution in [3.05, 3.63) is 97.5 Å². The van der Waals surface area contributed by atoms with Gasteiger partial charge < -0.3 is 14.8 Å². The summed E-state index contributed by atoms with van der Waals surface area (Å²) in [7, 11) is 0. The maximum absolute atomic E-state index is 5.55. The average Bonchev–Trinajstić information content (AvgIpc) is 3.43. The third kappa shape index (κ3) is 4.07. The highest BCUT2D eigenvalue weighted by Crippen LogP contribution is 2.38. The molecule has 0 saturated heterocycles. The first-order valence-corrected chi connectivity index (χ1v) is 12.5. The lowest BCUT2D eigenvalue weighted by Crippen LogP contribution is -1.99. The molecular formula is C29H19N5O2S. The molecular weight excluding hydrogens is 482 g/mol. The van der Waals surface area contributed by atoms with E-state index in [2.05, 4.69) is 49.7 Å². The molecule has 0 amide bonds. The van der Waals surface area contributed by atoms with E-state index in [1.54, 1.807) is 18.0 Å². The Kier molecular flexibility index (Phi) is 5.29. The fourth-order valence-electron chi connectivity index (χ4n) is 4.38. The standard InChI is InChI=1S/C29H19N5O2S/c1-2-4-22-21(3-1)28(18-5-10-25-26(15-18)36-17-35-25)33-34-29(22)32-19-6-8-20(9-7-19)37-27-12-14-31-24-11-13-30-16-23(24)27/h1-16H,17H2,(H,32,34). The summed E-state index contributed by atoms with van der Waals surface area (Å²) in [6.45, 7) is 0.238. The van der Waals surface area contributed by atoms with Crippen molar-refractivity contribution in [3.63, 3.8) is 0 Å². The number of hydrogen-bond acceptors (Lipinski definition) is 8. The van der Waals surface area contributed by atoms with Gasteiger partial charge in [0.25, 0.3) is 0 Å². The molecule has 0 spiro atoms. The Balaban J connectivity index is 1.17. The fourth-order valence-corrected chi connectivity index (χ4v) is 5.30. The van der Waals surface area contributed by atoms with Crippen molar-refractivity contribution in [1.82, 2.24) is 20.2 Å². The van der Waals surface area contributed by atoms with Crippen molar-refractivity contribution in [2.45, 2.75) is 9.79 Å². The molecule has 0 unspecified atom stereocenters. The van der Waals surface area contributed by atoms with Crippen LogP contribution in [0.1, 0.15) is 0 Å². The molecule has 7 rings (SSSR count). The summed E-state index contributed by atoms with van der Waals surface area (Å²) in [4.78, 5) is 10.9. The van der Waals surface area contributed by atoms with Crippen molar-refractivity contribution in [3.8, 4) is 22.8 Å². The number of aromatic nitrogens is 4. The molecule has 6 aromatic rings. The van der Waals surface area contributed by atoms with E-state index in [-0.39, 0.29) is 6.79 Å². The predicted octanol–water partition coefficient (Wildman–Crippen LogP) is 6.86. The van der Waals surface area contributed by atoms with Gasteiger partial charge in [-0.3, -0.25) is 9.97 Å². The molecule has 1 aliphatic heterocycles. The van der Waals surface area contributed by atoms with E-state index >= 15 is 0 Å². The lowest BCUT2D eigenvalue weighted by atomic mass is 10.0. The summed E-state index contributed by atoms with van der Waals surface area (Å²) < 4.78 is 11.0. The van der Waals surface area contributed by atoms with E-state index < -0.39 is 0 Å². The predicted molar refractivity (Wildman–Crippen MR) is 144 cm³/mol. The smallest absolute Gasteiger partial charge is 0.231 e. The molecule has 1 aliphatic rings. The third-order valence-electron chi connectivity index (χ3n) is 6.18. The molecule has 0 radical (unpaired) electrons. The largest absolute Gasteiger partial charge is 0.454 e. The van der Waals surface area contributed by atoms with Gasteiger partial charge in [-0.15, -0.1) is 10.2 Å². The molecule has 0 atom stereocenters. The first-order chi connectivity index (χ1) is 18.3. The van der Waals surface area contributed by atoms with Gasteiger partial charge in [-0.05, 0) is 54.6 Å². The maximum Gasteiger partial charge on any atom is 0.231 e. The van der Waals surface area contributed by atoms with Gasteiger partial charge in [-0.25, -0.2) is 0 Å². The number of nitrogens with one attached hydrogen (secondary N) is 1. The summed E-state index contributed by atoms with van der Waals surface area (Å²) in [5, 5.41) is 15.6. The van der Waals surface area contributed by atoms with Gasteiger partial charge in [0.05, 0.1) is 5.52 Å². The van der Waals surface area contributed by atoms with E-state index in [1.807, 2.05) is 67.0 Å². The summed E-state index contributed by atoms with van der Waals surface area (Å²) in [6, 6.07) is 26.2. The minimum atomic E-state index is 0.238. The molecule has 0 saturated carbocycles. The summed E-state index contributed by atoms with van der Waals surface area (Å²) in [5.41, 5.74) is 3.60. The van der Waals surface area contributed by atoms with Gasteiger partial charge in [0.2, 0.25) is 6.79 Å². The highest BCUT2D eigenvalue weighted by atomic mass is 32.2. The Morgan fingerprint density at radius 3 is 2.54 bits per heavy atom. The Labute approximate surface area is 216 Å². The van der Waals surface area contributed by atoms with E-state index in [0.717, 1.165) is 59.9 Å². The van der Waals surface area contributed by atoms with Crippen LogP contribution in [0.5, 0.6) is 11.5 Å². The van der Waals surface area contributed by atoms with Crippen LogP contribution in [0.25, 0.3) is 32.9 Å². The zero-order valence-corrected chi connectivity index (χ0v) is 20.3. The lowest BCUT2D eigenvalue weighted by Gasteiger charge is -2.12. The zero-order chi connectivity index (χ0) is 24.6. The first kappa shape index (κ1) is 21.6. The topological polar surface area (TPSA) is 82.0 Å². The minimum Gasteiger partial charge on any atom is -0.454 e. The SMILES string of the molecule is c1ccc2c(-c3ccc4c(c3)OCO4)nnc(Nc3ccc(Sc4ccnc5ccncc45)cc3)c2c1. The van der Waals surface area contributed by atoms with Crippen LogP contribution in [0.3, 0.4) is 0 Å². The highest BCUT2D eigenvalue weighted by Gasteiger charge is 2.17. The Morgan fingerprint density at radius 2 is 1.62 bits per heavy atom. The number of hydrogen-bond donors (Lipinski definition) is 1. The van der Waals surface area contributed by atoms with Crippen LogP contribution >= 0.6 is 11.8 Å². The second-order valence-corrected chi connectivity index (χ2v) is 9.58. The fraction of sp³-hybridized carbons (Fsp3) is 0.0345. The zero-order valence-electron chi connectivity index (χ0n) is 19.5. The second kappa shape index (κ2) is 9.07. The third-order valence-corrected chi connectivity index (χ3v) is 7.27. The summed E-state index contributed by atoms with van der Waals surface area (Å²) in [6.07, 6.45) is 5.45. The van der Waals surface area contributed by atoms with Crippen molar-refractivity contribution in [2.75, 3.05) is 12.1 Å². The number of anilines is 2. The quantitative estimate of drug-likeness (QED) is 0.274. The van der Waals surface area contributed by atoms with Gasteiger partial charge in [-0.1, -0.05) is 36.0 Å². The number of ether oxygens (including phenoxy) is 2. The Bertz CT molecular complexity index is 1770. The van der Waals surface area contributed by atoms with Gasteiger partial charge in [0.1, 0.15) is 5.69 Å². The normalized spacial score (nSPS) is 12.2. The second-order valence-electron chi connectivity index (χ2n) is 8.46. The van der Waals surface area contributed by atoms with Gasteiger partial charge >= 0.3 is 0 Å². The number of rotatable bonds is 5. The molecule has 0 fully saturated rings. The monoisotopic (exact) mass is 501 g/mol. The first-order valence-electron chi connectivity index (χ1n) is 11.7. The molecule has 8 heteroatoms. The van der Waals surface area contributed by atoms with Crippen molar-refractivity contribution in [2.24, 2.45) is 0 Å². The van der Waals surface area contributed by atoms with E-state index in [1.165, 1.54) is 0 Å². The van der Waals surface area contributed by atoms with Crippen LogP contribution in [0.4, 0.5) is 11.5 Å². The molecule has 0 aliphatic carbocycles. The summed E-state index contributed by atoms with van der Waals surface area (Å²) in [5.74, 6) is 2.17. The molecule has 1 N–H and O–H groups in total. The number of nitrogens with zero attached hydrogens (tertiary/aromatic N) is 4. The van der Waals surface area contributed by atoms with E-state index in [9.17, 15) is 0 Å². The van der Waals surface area contributed by atoms with E-state index in [4.69, 9.17) is 9.47 Å². The lowest BCUT2D eigenvalue weighted by molar-refractivity contribution is 0.174. The average molecular weight is 502 g/mol. The summed E-state index contributed by atoms with van der Waals surface area (Å²) >= 11 is 1.69. The highest BCUT2D eigenvalue weighted by molar-refractivity contribution is 7.99. The van der Waals surface area contributed by atoms with Crippen molar-refractivity contribution >= 4 is 44.9 Å².